The summed E-state index contributed by atoms with van der Waals surface area (Å²) in [6, 6.07) is 18.4. The molecule has 3 atom stereocenters. The van der Waals surface area contributed by atoms with Crippen LogP contribution in [0.4, 0.5) is 5.69 Å². The van der Waals surface area contributed by atoms with Crippen LogP contribution in [-0.2, 0) is 4.79 Å². The second kappa shape index (κ2) is 9.61. The Labute approximate surface area is 183 Å². The first-order valence-corrected chi connectivity index (χ1v) is 11.8. The van der Waals surface area contributed by atoms with Crippen molar-refractivity contribution in [1.82, 2.24) is 4.90 Å². The van der Waals surface area contributed by atoms with Crippen LogP contribution in [0.15, 0.2) is 59.5 Å². The third kappa shape index (κ3) is 4.67. The minimum atomic E-state index is -0.0839. The number of amides is 1. The van der Waals surface area contributed by atoms with E-state index >= 15 is 0 Å². The molecular weight excluding hydrogens is 392 g/mol. The predicted octanol–water partition coefficient (Wildman–Crippen LogP) is 5.98. The van der Waals surface area contributed by atoms with E-state index in [0.717, 1.165) is 28.3 Å². The van der Waals surface area contributed by atoms with Gasteiger partial charge in [0.1, 0.15) is 5.75 Å². The fourth-order valence-corrected chi connectivity index (χ4v) is 5.56. The summed E-state index contributed by atoms with van der Waals surface area (Å²) in [5.41, 5.74) is 1.98. The minimum absolute atomic E-state index is 0.0839. The van der Waals surface area contributed by atoms with Gasteiger partial charge in [0.05, 0.1) is 11.5 Å². The van der Waals surface area contributed by atoms with E-state index in [1.165, 1.54) is 19.3 Å². The van der Waals surface area contributed by atoms with Crippen molar-refractivity contribution in [2.24, 2.45) is 5.92 Å². The molecule has 2 aromatic carbocycles. The maximum Gasteiger partial charge on any atom is 0.262 e. The Bertz CT molecular complexity index is 882. The number of anilines is 1. The van der Waals surface area contributed by atoms with Crippen LogP contribution in [-0.4, -0.2) is 29.0 Å². The average molecular weight is 423 g/mol. The van der Waals surface area contributed by atoms with Crippen molar-refractivity contribution < 1.29 is 9.53 Å². The van der Waals surface area contributed by atoms with Crippen molar-refractivity contribution in [2.45, 2.75) is 51.1 Å². The largest absolute Gasteiger partial charge is 0.494 e. The van der Waals surface area contributed by atoms with Crippen molar-refractivity contribution in [3.63, 3.8) is 0 Å². The lowest BCUT2D eigenvalue weighted by Crippen LogP contribution is -2.48. The molecular formula is C25H30N2O2S. The highest BCUT2D eigenvalue weighted by atomic mass is 32.2. The third-order valence-electron chi connectivity index (χ3n) is 5.91. The number of nitrogens with zero attached hydrogens (tertiary/aromatic N) is 1. The molecule has 0 bridgehead atoms. The second-order valence-electron chi connectivity index (χ2n) is 8.03. The zero-order chi connectivity index (χ0) is 20.9. The van der Waals surface area contributed by atoms with Crippen molar-refractivity contribution in [3.05, 3.63) is 65.1 Å². The molecule has 158 valence electrons. The van der Waals surface area contributed by atoms with E-state index in [1.54, 1.807) is 11.8 Å². The van der Waals surface area contributed by atoms with E-state index in [2.05, 4.69) is 29.3 Å². The zero-order valence-electron chi connectivity index (χ0n) is 17.7. The first-order valence-electron chi connectivity index (χ1n) is 10.9. The topological polar surface area (TPSA) is 41.6 Å². The minimum Gasteiger partial charge on any atom is -0.494 e. The Morgan fingerprint density at radius 2 is 1.83 bits per heavy atom. The first kappa shape index (κ1) is 20.9. The lowest BCUT2D eigenvalue weighted by atomic mass is 9.85. The summed E-state index contributed by atoms with van der Waals surface area (Å²) in [5.74, 6) is 1.51. The highest BCUT2D eigenvalue weighted by Crippen LogP contribution is 2.42. The number of hydrogen-bond donors (Lipinski definition) is 1. The van der Waals surface area contributed by atoms with Crippen molar-refractivity contribution in [1.29, 1.82) is 0 Å². The fraction of sp³-hybridized carbons (Fsp3) is 0.400. The maximum atomic E-state index is 13.5. The molecule has 2 aliphatic rings. The standard InChI is InChI=1S/C25H30N2O2S/c1-3-29-21-15-13-19(14-16-21)17-23-24(28)27(22-12-8-7-9-18(22)2)25(30-23)26-20-10-5-4-6-11-20/h4-6,10-11,13-18,22,25-26H,3,7-9,12H2,1-2H3/b23-17-/t18-,22-,25?/m0/s1. The van der Waals surface area contributed by atoms with Crippen LogP contribution in [0, 0.1) is 5.92 Å². The summed E-state index contributed by atoms with van der Waals surface area (Å²) in [6.45, 7) is 4.91. The highest BCUT2D eigenvalue weighted by molar-refractivity contribution is 8.05. The van der Waals surface area contributed by atoms with Crippen molar-refractivity contribution in [3.8, 4) is 5.75 Å². The molecule has 1 amide bonds. The van der Waals surface area contributed by atoms with Crippen LogP contribution in [0.5, 0.6) is 5.75 Å². The quantitative estimate of drug-likeness (QED) is 0.582. The van der Waals surface area contributed by atoms with Gasteiger partial charge in [-0.3, -0.25) is 4.79 Å². The number of benzene rings is 2. The van der Waals surface area contributed by atoms with Crippen molar-refractivity contribution >= 4 is 29.4 Å². The molecule has 4 rings (SSSR count). The van der Waals surface area contributed by atoms with Gasteiger partial charge < -0.3 is 15.0 Å². The molecule has 0 spiro atoms. The van der Waals surface area contributed by atoms with Crippen LogP contribution in [0.3, 0.4) is 0 Å². The van der Waals surface area contributed by atoms with E-state index in [1.807, 2.05) is 55.5 Å². The molecule has 1 N–H and O–H groups in total. The molecule has 1 saturated heterocycles. The Morgan fingerprint density at radius 1 is 1.10 bits per heavy atom. The summed E-state index contributed by atoms with van der Waals surface area (Å²) in [6.07, 6.45) is 6.74. The molecule has 2 fully saturated rings. The first-order chi connectivity index (χ1) is 14.7. The van der Waals surface area contributed by atoms with E-state index in [-0.39, 0.29) is 17.4 Å². The van der Waals surface area contributed by atoms with E-state index in [4.69, 9.17) is 4.74 Å². The molecule has 5 heteroatoms. The molecule has 2 aromatic rings. The molecule has 1 aliphatic heterocycles. The van der Waals surface area contributed by atoms with Gasteiger partial charge >= 0.3 is 0 Å². The van der Waals surface area contributed by atoms with E-state index in [0.29, 0.717) is 12.5 Å². The van der Waals surface area contributed by atoms with Gasteiger partial charge in [-0.05, 0) is 61.6 Å². The van der Waals surface area contributed by atoms with Gasteiger partial charge in [-0.25, -0.2) is 0 Å². The number of rotatable bonds is 6. The maximum absolute atomic E-state index is 13.5. The molecule has 4 nitrogen and oxygen atoms in total. The smallest absolute Gasteiger partial charge is 0.262 e. The molecule has 30 heavy (non-hydrogen) atoms. The normalized spacial score (nSPS) is 25.5. The van der Waals surface area contributed by atoms with Crippen LogP contribution in [0.1, 0.15) is 45.1 Å². The monoisotopic (exact) mass is 422 g/mol. The van der Waals surface area contributed by atoms with Crippen LogP contribution < -0.4 is 10.1 Å². The summed E-state index contributed by atoms with van der Waals surface area (Å²) in [4.78, 5) is 16.4. The SMILES string of the molecule is CCOc1ccc(/C=C2\SC(Nc3ccccc3)N([C@H]3CCCC[C@@H]3C)C2=O)cc1. The Hall–Kier alpha value is -2.40. The number of carbonyl (C=O) groups excluding carboxylic acids is 1. The van der Waals surface area contributed by atoms with Crippen molar-refractivity contribution in [2.75, 3.05) is 11.9 Å². The number of thioether (sulfide) groups is 1. The number of nitrogens with one attached hydrogen (secondary N) is 1. The predicted molar refractivity (Wildman–Crippen MR) is 125 cm³/mol. The number of ether oxygens (including phenoxy) is 1. The Morgan fingerprint density at radius 3 is 2.53 bits per heavy atom. The summed E-state index contributed by atoms with van der Waals surface area (Å²) < 4.78 is 5.53. The Balaban J connectivity index is 1.60. The average Bonchev–Trinajstić information content (AvgIpc) is 3.05. The molecule has 0 radical (unpaired) electrons. The summed E-state index contributed by atoms with van der Waals surface area (Å²) in [7, 11) is 0. The molecule has 0 aromatic heterocycles. The molecule has 1 heterocycles. The van der Waals surface area contributed by atoms with Crippen LogP contribution >= 0.6 is 11.8 Å². The number of hydrogen-bond acceptors (Lipinski definition) is 4. The van der Waals surface area contributed by atoms with E-state index < -0.39 is 0 Å². The number of carbonyl (C=O) groups is 1. The lowest BCUT2D eigenvalue weighted by molar-refractivity contribution is -0.129. The second-order valence-corrected chi connectivity index (χ2v) is 9.15. The fourth-order valence-electron chi connectivity index (χ4n) is 4.35. The van der Waals surface area contributed by atoms with Crippen LogP contribution in [0.25, 0.3) is 6.08 Å². The lowest BCUT2D eigenvalue weighted by Gasteiger charge is -2.39. The molecule has 1 saturated carbocycles. The zero-order valence-corrected chi connectivity index (χ0v) is 18.5. The van der Waals surface area contributed by atoms with E-state index in [9.17, 15) is 4.79 Å². The van der Waals surface area contributed by atoms with Gasteiger partial charge in [0, 0.05) is 11.7 Å². The summed E-state index contributed by atoms with van der Waals surface area (Å²) in [5, 5.41) is 3.59. The van der Waals surface area contributed by atoms with Gasteiger partial charge in [-0.1, -0.05) is 61.9 Å². The molecule has 1 aliphatic carbocycles. The summed E-state index contributed by atoms with van der Waals surface area (Å²) >= 11 is 1.62. The van der Waals surface area contributed by atoms with Gasteiger partial charge in [-0.15, -0.1) is 0 Å². The number of para-hydroxylation sites is 1. The highest BCUT2D eigenvalue weighted by Gasteiger charge is 2.42. The van der Waals surface area contributed by atoms with Gasteiger partial charge in [-0.2, -0.15) is 0 Å². The Kier molecular flexibility index (Phi) is 6.68. The van der Waals surface area contributed by atoms with Gasteiger partial charge in [0.15, 0.2) is 5.50 Å². The third-order valence-corrected chi connectivity index (χ3v) is 7.03. The van der Waals surface area contributed by atoms with Gasteiger partial charge in [0.2, 0.25) is 0 Å². The molecule has 1 unspecified atom stereocenters. The van der Waals surface area contributed by atoms with Crippen LogP contribution in [0.2, 0.25) is 0 Å². The van der Waals surface area contributed by atoms with Gasteiger partial charge in [0.25, 0.3) is 5.91 Å².